The van der Waals surface area contributed by atoms with Gasteiger partial charge in [-0.3, -0.25) is 9.89 Å². The number of hydrogen-bond donors (Lipinski definition) is 2. The molecule has 0 amide bonds. The molecule has 1 aromatic rings. The zero-order valence-electron chi connectivity index (χ0n) is 17.7. The summed E-state index contributed by atoms with van der Waals surface area (Å²) in [4.78, 5) is 13.6. The van der Waals surface area contributed by atoms with Crippen LogP contribution in [-0.4, -0.2) is 61.2 Å². The molecule has 1 rings (SSSR count). The van der Waals surface area contributed by atoms with E-state index in [1.807, 2.05) is 6.20 Å². The van der Waals surface area contributed by atoms with Crippen molar-refractivity contribution in [1.29, 1.82) is 0 Å². The van der Waals surface area contributed by atoms with Crippen LogP contribution in [0.25, 0.3) is 0 Å². The van der Waals surface area contributed by atoms with Crippen LogP contribution in [0.3, 0.4) is 0 Å². The van der Waals surface area contributed by atoms with Crippen molar-refractivity contribution in [2.45, 2.75) is 60.2 Å². The van der Waals surface area contributed by atoms with Gasteiger partial charge in [-0.25, -0.2) is 4.98 Å². The van der Waals surface area contributed by atoms with E-state index in [1.54, 1.807) is 7.05 Å². The second kappa shape index (κ2) is 11.7. The number of aliphatic imine (C=N–C) groups is 1. The number of guanidine groups is 1. The minimum Gasteiger partial charge on any atom is -0.357 e. The molecule has 148 valence electrons. The number of nitrogens with zero attached hydrogens (tertiary/aromatic N) is 4. The van der Waals surface area contributed by atoms with Gasteiger partial charge in [0.05, 0.1) is 0 Å². The van der Waals surface area contributed by atoms with Crippen molar-refractivity contribution in [2.24, 2.45) is 4.99 Å². The highest BCUT2D eigenvalue weighted by Gasteiger charge is 2.12. The monoisotopic (exact) mass is 362 g/mol. The van der Waals surface area contributed by atoms with E-state index in [0.717, 1.165) is 43.5 Å². The molecule has 0 aliphatic heterocycles. The van der Waals surface area contributed by atoms with Gasteiger partial charge in [0.15, 0.2) is 5.96 Å². The minimum atomic E-state index is 0.544. The molecule has 0 saturated carbocycles. The molecule has 6 heteroatoms. The van der Waals surface area contributed by atoms with Crippen molar-refractivity contribution in [3.63, 3.8) is 0 Å². The number of nitrogens with one attached hydrogen (secondary N) is 2. The third kappa shape index (κ3) is 7.20. The van der Waals surface area contributed by atoms with Gasteiger partial charge in [-0.2, -0.15) is 0 Å². The second-order valence-electron chi connectivity index (χ2n) is 6.97. The first kappa shape index (κ1) is 22.2. The van der Waals surface area contributed by atoms with Crippen LogP contribution >= 0.6 is 0 Å². The number of aromatic nitrogens is 1. The van der Waals surface area contributed by atoms with Gasteiger partial charge in [0.2, 0.25) is 0 Å². The maximum absolute atomic E-state index is 4.57. The van der Waals surface area contributed by atoms with Gasteiger partial charge < -0.3 is 15.5 Å². The molecule has 0 saturated heterocycles. The van der Waals surface area contributed by atoms with Crippen molar-refractivity contribution in [3.8, 4) is 0 Å². The highest BCUT2D eigenvalue weighted by molar-refractivity contribution is 5.79. The Morgan fingerprint density at radius 3 is 2.19 bits per heavy atom. The van der Waals surface area contributed by atoms with Crippen LogP contribution in [0.4, 0.5) is 5.82 Å². The van der Waals surface area contributed by atoms with Crippen molar-refractivity contribution in [1.82, 2.24) is 20.5 Å². The molecule has 1 aromatic heterocycles. The van der Waals surface area contributed by atoms with E-state index in [4.69, 9.17) is 0 Å². The fraction of sp³-hybridized carbons (Fsp3) is 0.700. The van der Waals surface area contributed by atoms with E-state index in [9.17, 15) is 0 Å². The van der Waals surface area contributed by atoms with Gasteiger partial charge in [-0.15, -0.1) is 0 Å². The fourth-order valence-electron chi connectivity index (χ4n) is 3.08. The van der Waals surface area contributed by atoms with Crippen molar-refractivity contribution in [2.75, 3.05) is 38.1 Å². The molecule has 0 aliphatic carbocycles. The highest BCUT2D eigenvalue weighted by Crippen LogP contribution is 2.10. The Balaban J connectivity index is 2.47. The van der Waals surface area contributed by atoms with Gasteiger partial charge in [0.1, 0.15) is 5.82 Å². The molecular weight excluding hydrogens is 324 g/mol. The number of anilines is 1. The predicted octanol–water partition coefficient (Wildman–Crippen LogP) is 2.71. The summed E-state index contributed by atoms with van der Waals surface area (Å²) in [6, 6.07) is 5.30. The third-order valence-electron chi connectivity index (χ3n) is 4.57. The molecule has 0 aliphatic rings. The summed E-state index contributed by atoms with van der Waals surface area (Å²) in [5.74, 6) is 1.86. The summed E-state index contributed by atoms with van der Waals surface area (Å²) >= 11 is 0. The van der Waals surface area contributed by atoms with E-state index >= 15 is 0 Å². The van der Waals surface area contributed by atoms with Gasteiger partial charge in [-0.1, -0.05) is 6.07 Å². The predicted molar refractivity (Wildman–Crippen MR) is 113 cm³/mol. The number of rotatable bonds is 10. The number of pyridine rings is 1. The Morgan fingerprint density at radius 2 is 1.73 bits per heavy atom. The zero-order chi connectivity index (χ0) is 19.5. The lowest BCUT2D eigenvalue weighted by atomic mass is 10.2. The average molecular weight is 363 g/mol. The van der Waals surface area contributed by atoms with Crippen LogP contribution in [0.2, 0.25) is 0 Å². The van der Waals surface area contributed by atoms with E-state index < -0.39 is 0 Å². The lowest BCUT2D eigenvalue weighted by Gasteiger charge is -2.30. The first-order valence-electron chi connectivity index (χ1n) is 9.82. The van der Waals surface area contributed by atoms with Crippen LogP contribution < -0.4 is 15.5 Å². The summed E-state index contributed by atoms with van der Waals surface area (Å²) < 4.78 is 0. The van der Waals surface area contributed by atoms with Gasteiger partial charge in [0.25, 0.3) is 0 Å². The smallest absolute Gasteiger partial charge is 0.191 e. The first-order chi connectivity index (χ1) is 12.4. The van der Waals surface area contributed by atoms with Crippen LogP contribution in [0.1, 0.15) is 47.1 Å². The molecule has 1 heterocycles. The maximum atomic E-state index is 4.57. The topological polar surface area (TPSA) is 55.8 Å². The third-order valence-corrected chi connectivity index (χ3v) is 4.57. The molecule has 0 spiro atoms. The van der Waals surface area contributed by atoms with Crippen LogP contribution in [0.15, 0.2) is 23.3 Å². The first-order valence-corrected chi connectivity index (χ1v) is 9.82. The molecule has 6 nitrogen and oxygen atoms in total. The van der Waals surface area contributed by atoms with Crippen LogP contribution in [-0.2, 0) is 6.54 Å². The normalized spacial score (nSPS) is 12.2. The van der Waals surface area contributed by atoms with E-state index in [-0.39, 0.29) is 0 Å². The molecule has 0 bridgehead atoms. The Morgan fingerprint density at radius 1 is 1.08 bits per heavy atom. The SMILES string of the molecule is CCN(CC)c1ccc(CNC(=NC)NCCN(C(C)C)C(C)C)cn1. The molecule has 0 unspecified atom stereocenters. The van der Waals surface area contributed by atoms with Crippen LogP contribution in [0, 0.1) is 0 Å². The van der Waals surface area contributed by atoms with Crippen LogP contribution in [0.5, 0.6) is 0 Å². The molecular formula is C20H38N6. The second-order valence-corrected chi connectivity index (χ2v) is 6.97. The Kier molecular flexibility index (Phi) is 10.0. The average Bonchev–Trinajstić information content (AvgIpc) is 2.62. The van der Waals surface area contributed by atoms with Crippen molar-refractivity contribution >= 4 is 11.8 Å². The van der Waals surface area contributed by atoms with Crippen molar-refractivity contribution < 1.29 is 0 Å². The summed E-state index contributed by atoms with van der Waals surface area (Å²) in [6.07, 6.45) is 1.94. The Hall–Kier alpha value is -1.82. The van der Waals surface area contributed by atoms with E-state index in [0.29, 0.717) is 18.6 Å². The lowest BCUT2D eigenvalue weighted by molar-refractivity contribution is 0.178. The zero-order valence-corrected chi connectivity index (χ0v) is 17.7. The summed E-state index contributed by atoms with van der Waals surface area (Å²) in [7, 11) is 1.81. The standard InChI is InChI=1S/C20H38N6/c1-8-25(9-2)19-11-10-18(14-23-19)15-24-20(21-7)22-12-13-26(16(3)4)17(5)6/h10-11,14,16-17H,8-9,12-13,15H2,1-7H3,(H2,21,22,24). The van der Waals surface area contributed by atoms with Crippen molar-refractivity contribution in [3.05, 3.63) is 23.9 Å². The molecule has 0 radical (unpaired) electrons. The Bertz CT molecular complexity index is 512. The molecule has 0 atom stereocenters. The number of hydrogen-bond acceptors (Lipinski definition) is 4. The molecule has 26 heavy (non-hydrogen) atoms. The van der Waals surface area contributed by atoms with Gasteiger partial charge in [-0.05, 0) is 53.2 Å². The minimum absolute atomic E-state index is 0.544. The largest absolute Gasteiger partial charge is 0.357 e. The molecule has 0 fully saturated rings. The molecule has 2 N–H and O–H groups in total. The van der Waals surface area contributed by atoms with Gasteiger partial charge >= 0.3 is 0 Å². The summed E-state index contributed by atoms with van der Waals surface area (Å²) in [6.45, 7) is 17.8. The fourth-order valence-corrected chi connectivity index (χ4v) is 3.08. The summed E-state index contributed by atoms with van der Waals surface area (Å²) in [5, 5.41) is 6.76. The quantitative estimate of drug-likeness (QED) is 0.495. The van der Waals surface area contributed by atoms with E-state index in [2.05, 4.69) is 84.1 Å². The lowest BCUT2D eigenvalue weighted by Crippen LogP contribution is -2.45. The van der Waals surface area contributed by atoms with E-state index in [1.165, 1.54) is 0 Å². The summed E-state index contributed by atoms with van der Waals surface area (Å²) in [5.41, 5.74) is 1.15. The van der Waals surface area contributed by atoms with Gasteiger partial charge in [0, 0.05) is 58.1 Å². The maximum Gasteiger partial charge on any atom is 0.191 e. The highest BCUT2D eigenvalue weighted by atomic mass is 15.2. The molecule has 0 aromatic carbocycles. The Labute approximate surface area is 160 Å².